The first kappa shape index (κ1) is 14.9. The molecule has 0 saturated carbocycles. The Bertz CT molecular complexity index is 725. The molecule has 0 aromatic heterocycles. The van der Waals surface area contributed by atoms with Crippen molar-refractivity contribution in [1.82, 2.24) is 0 Å². The zero-order valence-corrected chi connectivity index (χ0v) is 13.5. The molecule has 0 saturated heterocycles. The zero-order chi connectivity index (χ0) is 15.5. The molecule has 2 aromatic rings. The van der Waals surface area contributed by atoms with Crippen molar-refractivity contribution in [3.8, 4) is 11.5 Å². The van der Waals surface area contributed by atoms with Crippen LogP contribution in [0.25, 0.3) is 0 Å². The molecule has 3 nitrogen and oxygen atoms in total. The lowest BCUT2D eigenvalue weighted by Crippen LogP contribution is -2.16. The van der Waals surface area contributed by atoms with Crippen molar-refractivity contribution >= 4 is 17.3 Å². The molecule has 0 fully saturated rings. The number of nitrogens with zero attached hydrogens (tertiary/aromatic N) is 1. The number of aliphatic imine (C=N–C) groups is 1. The lowest BCUT2D eigenvalue weighted by molar-refractivity contribution is 0.354. The Balaban J connectivity index is 1.99. The molecule has 0 radical (unpaired) electrons. The van der Waals surface area contributed by atoms with E-state index in [0.717, 1.165) is 52.7 Å². The highest BCUT2D eigenvalue weighted by Gasteiger charge is 2.19. The van der Waals surface area contributed by atoms with Crippen molar-refractivity contribution in [2.45, 2.75) is 12.8 Å². The van der Waals surface area contributed by atoms with Crippen LogP contribution in [0, 0.1) is 0 Å². The number of halogens is 1. The summed E-state index contributed by atoms with van der Waals surface area (Å²) in [6, 6.07) is 12.0. The van der Waals surface area contributed by atoms with Gasteiger partial charge in [0, 0.05) is 29.3 Å². The summed E-state index contributed by atoms with van der Waals surface area (Å²) >= 11 is 6.28. The largest absolute Gasteiger partial charge is 0.493 e. The maximum atomic E-state index is 6.28. The Morgan fingerprint density at radius 3 is 2.55 bits per heavy atom. The summed E-state index contributed by atoms with van der Waals surface area (Å²) in [7, 11) is 3.31. The van der Waals surface area contributed by atoms with Gasteiger partial charge in [-0.1, -0.05) is 29.8 Å². The molecule has 4 heteroatoms. The first-order valence-corrected chi connectivity index (χ1v) is 7.62. The van der Waals surface area contributed by atoms with E-state index in [-0.39, 0.29) is 0 Å². The van der Waals surface area contributed by atoms with Gasteiger partial charge in [0.05, 0.1) is 14.2 Å². The predicted octanol–water partition coefficient (Wildman–Crippen LogP) is 3.95. The van der Waals surface area contributed by atoms with Gasteiger partial charge in [0.15, 0.2) is 11.5 Å². The van der Waals surface area contributed by atoms with Crippen molar-refractivity contribution in [3.05, 3.63) is 58.1 Å². The molecule has 114 valence electrons. The van der Waals surface area contributed by atoms with Crippen LogP contribution in [0.1, 0.15) is 16.7 Å². The number of rotatable bonds is 4. The first-order valence-electron chi connectivity index (χ1n) is 7.25. The van der Waals surface area contributed by atoms with Gasteiger partial charge in [0.25, 0.3) is 0 Å². The molecule has 0 unspecified atom stereocenters. The standard InChI is InChI=1S/C18H18ClNO2/c1-21-17-10-12-7-8-20-16(14(12)11-18(17)22-2)9-13-5-3-4-6-15(13)19/h3-6,10-11H,7-9H2,1-2H3. The number of ether oxygens (including phenoxy) is 2. The van der Waals surface area contributed by atoms with Gasteiger partial charge in [0.1, 0.15) is 0 Å². The Hall–Kier alpha value is -2.00. The maximum absolute atomic E-state index is 6.28. The Morgan fingerprint density at radius 2 is 1.82 bits per heavy atom. The molecule has 0 amide bonds. The van der Waals surface area contributed by atoms with Crippen molar-refractivity contribution in [3.63, 3.8) is 0 Å². The second kappa shape index (κ2) is 6.41. The first-order chi connectivity index (χ1) is 10.7. The molecule has 0 spiro atoms. The van der Waals surface area contributed by atoms with Crippen LogP contribution >= 0.6 is 11.6 Å². The summed E-state index contributed by atoms with van der Waals surface area (Å²) in [4.78, 5) is 4.70. The third kappa shape index (κ3) is 2.81. The van der Waals surface area contributed by atoms with E-state index in [1.165, 1.54) is 5.56 Å². The summed E-state index contributed by atoms with van der Waals surface area (Å²) in [5, 5.41) is 0.776. The van der Waals surface area contributed by atoms with E-state index in [0.29, 0.717) is 0 Å². The van der Waals surface area contributed by atoms with E-state index in [1.54, 1.807) is 14.2 Å². The van der Waals surface area contributed by atoms with Crippen LogP contribution in [0.15, 0.2) is 41.4 Å². The van der Waals surface area contributed by atoms with E-state index >= 15 is 0 Å². The minimum absolute atomic E-state index is 0.724. The molecule has 1 heterocycles. The van der Waals surface area contributed by atoms with Crippen molar-refractivity contribution < 1.29 is 9.47 Å². The van der Waals surface area contributed by atoms with Gasteiger partial charge in [-0.15, -0.1) is 0 Å². The molecule has 0 atom stereocenters. The Morgan fingerprint density at radius 1 is 1.09 bits per heavy atom. The van der Waals surface area contributed by atoms with Crippen molar-refractivity contribution in [1.29, 1.82) is 0 Å². The lowest BCUT2D eigenvalue weighted by atomic mass is 9.93. The fourth-order valence-corrected chi connectivity index (χ4v) is 2.97. The van der Waals surface area contributed by atoms with Gasteiger partial charge < -0.3 is 9.47 Å². The topological polar surface area (TPSA) is 30.8 Å². The second-order valence-corrected chi connectivity index (χ2v) is 5.62. The molecule has 0 N–H and O–H groups in total. The van der Waals surface area contributed by atoms with Gasteiger partial charge in [-0.05, 0) is 35.7 Å². The monoisotopic (exact) mass is 315 g/mol. The van der Waals surface area contributed by atoms with Gasteiger partial charge in [-0.25, -0.2) is 0 Å². The van der Waals surface area contributed by atoms with Crippen LogP contribution in [-0.2, 0) is 12.8 Å². The quantitative estimate of drug-likeness (QED) is 0.855. The van der Waals surface area contributed by atoms with E-state index in [2.05, 4.69) is 6.07 Å². The molecule has 3 rings (SSSR count). The summed E-state index contributed by atoms with van der Waals surface area (Å²) in [5.41, 5.74) is 4.51. The van der Waals surface area contributed by atoms with Crippen LogP contribution < -0.4 is 9.47 Å². The van der Waals surface area contributed by atoms with Crippen LogP contribution in [0.2, 0.25) is 5.02 Å². The van der Waals surface area contributed by atoms with Crippen LogP contribution in [0.4, 0.5) is 0 Å². The molecular weight excluding hydrogens is 298 g/mol. The fraction of sp³-hybridized carbons (Fsp3) is 0.278. The normalized spacial score (nSPS) is 13.3. The average Bonchev–Trinajstić information content (AvgIpc) is 2.56. The minimum Gasteiger partial charge on any atom is -0.493 e. The smallest absolute Gasteiger partial charge is 0.161 e. The molecule has 2 aromatic carbocycles. The van der Waals surface area contributed by atoms with Crippen LogP contribution in [0.3, 0.4) is 0 Å². The van der Waals surface area contributed by atoms with Crippen LogP contribution in [0.5, 0.6) is 11.5 Å². The highest BCUT2D eigenvalue weighted by atomic mass is 35.5. The minimum atomic E-state index is 0.724. The predicted molar refractivity (Wildman–Crippen MR) is 89.8 cm³/mol. The van der Waals surface area contributed by atoms with E-state index < -0.39 is 0 Å². The van der Waals surface area contributed by atoms with Gasteiger partial charge in [-0.3, -0.25) is 4.99 Å². The summed E-state index contributed by atoms with van der Waals surface area (Å²) in [6.45, 7) is 0.794. The Labute approximate surface area is 135 Å². The molecule has 0 bridgehead atoms. The molecule has 1 aliphatic heterocycles. The summed E-state index contributed by atoms with van der Waals surface area (Å²) in [5.74, 6) is 1.50. The van der Waals surface area contributed by atoms with Gasteiger partial charge >= 0.3 is 0 Å². The highest BCUT2D eigenvalue weighted by Crippen LogP contribution is 2.33. The maximum Gasteiger partial charge on any atom is 0.161 e. The average molecular weight is 316 g/mol. The van der Waals surface area contributed by atoms with Crippen molar-refractivity contribution in [2.75, 3.05) is 20.8 Å². The highest BCUT2D eigenvalue weighted by molar-refractivity contribution is 6.31. The summed E-state index contributed by atoms with van der Waals surface area (Å²) < 4.78 is 10.8. The lowest BCUT2D eigenvalue weighted by Gasteiger charge is -2.20. The van der Waals surface area contributed by atoms with E-state index in [1.807, 2.05) is 30.3 Å². The van der Waals surface area contributed by atoms with Crippen LogP contribution in [-0.4, -0.2) is 26.5 Å². The number of fused-ring (bicyclic) bond motifs is 1. The fourth-order valence-electron chi connectivity index (χ4n) is 2.77. The van der Waals surface area contributed by atoms with E-state index in [4.69, 9.17) is 26.1 Å². The Kier molecular flexibility index (Phi) is 4.34. The molecule has 0 aliphatic carbocycles. The van der Waals surface area contributed by atoms with E-state index in [9.17, 15) is 0 Å². The second-order valence-electron chi connectivity index (χ2n) is 5.21. The number of hydrogen-bond donors (Lipinski definition) is 0. The van der Waals surface area contributed by atoms with Gasteiger partial charge in [0.2, 0.25) is 0 Å². The van der Waals surface area contributed by atoms with Gasteiger partial charge in [-0.2, -0.15) is 0 Å². The third-order valence-corrected chi connectivity index (χ3v) is 4.29. The zero-order valence-electron chi connectivity index (χ0n) is 12.7. The number of hydrogen-bond acceptors (Lipinski definition) is 3. The number of methoxy groups -OCH3 is 2. The molecule has 1 aliphatic rings. The summed E-state index contributed by atoms with van der Waals surface area (Å²) in [6.07, 6.45) is 1.64. The molecule has 22 heavy (non-hydrogen) atoms. The number of benzene rings is 2. The third-order valence-electron chi connectivity index (χ3n) is 3.92. The van der Waals surface area contributed by atoms with Crippen molar-refractivity contribution in [2.24, 2.45) is 4.99 Å². The SMILES string of the molecule is COc1cc2c(cc1OC)C(Cc1ccccc1Cl)=NCC2. The molecular formula is C18H18ClNO2.